The molecule has 210 valence electrons. The van der Waals surface area contributed by atoms with Crippen LogP contribution in [0.2, 0.25) is 0 Å². The highest BCUT2D eigenvalue weighted by Gasteiger charge is 2.42. The average molecular weight is 527 g/mol. The standard InChI is InChI=1S/C29H45F3N2O3/c1-36-27-16-23-11-14-34(19-21-5-4-6-24(15-21)37-29(30,31)32)28(25(23)17-26(27)35)22-9-7-20(8-10-22)18-33-12-2-3-13-33/h20-22,24,28,35H,2-19H2,1H3. The number of halogens is 3. The fourth-order valence-electron chi connectivity index (χ4n) is 8.04. The normalized spacial score (nSPS) is 34.6. The number of hydrogen-bond donors (Lipinski definition) is 1. The molecule has 0 spiro atoms. The maximum absolute atomic E-state index is 12.9. The molecule has 5 nitrogen and oxygen atoms in total. The van der Waals surface area contributed by atoms with Crippen LogP contribution in [0, 0.1) is 17.8 Å². The molecule has 5 aliphatic rings. The minimum Gasteiger partial charge on any atom is -0.508 e. The van der Waals surface area contributed by atoms with E-state index in [1.54, 1.807) is 7.11 Å². The minimum absolute atomic E-state index is 0.222. The number of ether oxygens (including phenoxy) is 2. The predicted molar refractivity (Wildman–Crippen MR) is 137 cm³/mol. The Labute approximate surface area is 220 Å². The molecule has 0 aromatic rings. The summed E-state index contributed by atoms with van der Waals surface area (Å²) in [6.07, 6.45) is 7.22. The van der Waals surface area contributed by atoms with Crippen LogP contribution in [0.4, 0.5) is 13.2 Å². The van der Waals surface area contributed by atoms with E-state index in [1.807, 2.05) is 0 Å². The number of allylic oxidation sites excluding steroid dienone is 2. The van der Waals surface area contributed by atoms with Crippen LogP contribution in [0.25, 0.3) is 0 Å². The van der Waals surface area contributed by atoms with Crippen molar-refractivity contribution < 1.29 is 27.8 Å². The summed E-state index contributed by atoms with van der Waals surface area (Å²) >= 11 is 0. The van der Waals surface area contributed by atoms with Crippen LogP contribution in [-0.2, 0) is 9.47 Å². The molecule has 3 unspecified atom stereocenters. The van der Waals surface area contributed by atoms with Crippen LogP contribution in [0.3, 0.4) is 0 Å². The maximum atomic E-state index is 12.9. The summed E-state index contributed by atoms with van der Waals surface area (Å²) in [6, 6.07) is 0.279. The molecule has 0 radical (unpaired) electrons. The molecule has 3 atom stereocenters. The van der Waals surface area contributed by atoms with Gasteiger partial charge in [-0.05, 0) is 101 Å². The molecule has 2 heterocycles. The number of aliphatic hydroxyl groups excluding tert-OH is 1. The van der Waals surface area contributed by atoms with Gasteiger partial charge in [0.1, 0.15) is 11.5 Å². The van der Waals surface area contributed by atoms with Gasteiger partial charge >= 0.3 is 6.36 Å². The fraction of sp³-hybridized carbons (Fsp3) is 0.862. The molecule has 5 rings (SSSR count). The van der Waals surface area contributed by atoms with Gasteiger partial charge in [-0.15, -0.1) is 13.2 Å². The van der Waals surface area contributed by atoms with Crippen molar-refractivity contribution in [3.05, 3.63) is 22.7 Å². The van der Waals surface area contributed by atoms with Crippen molar-refractivity contribution in [2.24, 2.45) is 17.8 Å². The second-order valence-corrected chi connectivity index (χ2v) is 12.3. The third-order valence-electron chi connectivity index (χ3n) is 9.79. The van der Waals surface area contributed by atoms with Gasteiger partial charge in [0.15, 0.2) is 0 Å². The lowest BCUT2D eigenvalue weighted by Gasteiger charge is -2.48. The smallest absolute Gasteiger partial charge is 0.508 e. The Bertz CT molecular complexity index is 844. The lowest BCUT2D eigenvalue weighted by Crippen LogP contribution is -2.50. The number of aliphatic hydroxyl groups is 1. The van der Waals surface area contributed by atoms with Crippen molar-refractivity contribution in [3.63, 3.8) is 0 Å². The first-order valence-corrected chi connectivity index (χ1v) is 14.7. The highest BCUT2D eigenvalue weighted by Crippen LogP contribution is 2.45. The maximum Gasteiger partial charge on any atom is 0.522 e. The summed E-state index contributed by atoms with van der Waals surface area (Å²) in [7, 11) is 1.63. The van der Waals surface area contributed by atoms with Crippen molar-refractivity contribution in [2.75, 3.05) is 39.8 Å². The van der Waals surface area contributed by atoms with Gasteiger partial charge in [0, 0.05) is 38.5 Å². The van der Waals surface area contributed by atoms with Gasteiger partial charge < -0.3 is 14.7 Å². The van der Waals surface area contributed by atoms with Gasteiger partial charge in [-0.2, -0.15) is 0 Å². The first-order chi connectivity index (χ1) is 17.8. The molecule has 0 aromatic heterocycles. The summed E-state index contributed by atoms with van der Waals surface area (Å²) in [5, 5.41) is 10.7. The molecule has 2 aliphatic heterocycles. The van der Waals surface area contributed by atoms with Gasteiger partial charge in [0.2, 0.25) is 0 Å². The molecular weight excluding hydrogens is 481 g/mol. The summed E-state index contributed by atoms with van der Waals surface area (Å²) in [4.78, 5) is 5.22. The van der Waals surface area contributed by atoms with Crippen LogP contribution < -0.4 is 0 Å². The van der Waals surface area contributed by atoms with Crippen molar-refractivity contribution in [3.8, 4) is 0 Å². The third-order valence-corrected chi connectivity index (χ3v) is 9.79. The topological polar surface area (TPSA) is 45.2 Å². The van der Waals surface area contributed by atoms with E-state index in [2.05, 4.69) is 14.5 Å². The summed E-state index contributed by atoms with van der Waals surface area (Å²) < 4.78 is 48.6. The number of rotatable bonds is 7. The highest BCUT2D eigenvalue weighted by molar-refractivity contribution is 5.35. The summed E-state index contributed by atoms with van der Waals surface area (Å²) in [5.41, 5.74) is 2.78. The van der Waals surface area contributed by atoms with Crippen molar-refractivity contribution >= 4 is 0 Å². The first-order valence-electron chi connectivity index (χ1n) is 14.7. The van der Waals surface area contributed by atoms with Gasteiger partial charge in [0.25, 0.3) is 0 Å². The van der Waals surface area contributed by atoms with Crippen LogP contribution in [0.5, 0.6) is 0 Å². The first kappa shape index (κ1) is 27.3. The van der Waals surface area contributed by atoms with Crippen molar-refractivity contribution in [1.82, 2.24) is 9.80 Å². The second-order valence-electron chi connectivity index (χ2n) is 12.3. The fourth-order valence-corrected chi connectivity index (χ4v) is 8.04. The molecule has 0 aromatic carbocycles. The molecule has 0 bridgehead atoms. The van der Waals surface area contributed by atoms with E-state index >= 15 is 0 Å². The van der Waals surface area contributed by atoms with Crippen LogP contribution in [0.1, 0.15) is 83.5 Å². The molecule has 2 saturated carbocycles. The molecule has 1 saturated heterocycles. The zero-order chi connectivity index (χ0) is 26.0. The molecule has 8 heteroatoms. The Morgan fingerprint density at radius 3 is 2.35 bits per heavy atom. The Balaban J connectivity index is 1.28. The minimum atomic E-state index is -4.56. The van der Waals surface area contributed by atoms with Gasteiger partial charge in [-0.3, -0.25) is 9.64 Å². The van der Waals surface area contributed by atoms with E-state index in [1.165, 1.54) is 69.3 Å². The van der Waals surface area contributed by atoms with Gasteiger partial charge in [-0.25, -0.2) is 0 Å². The SMILES string of the molecule is COC1=C(O)CC2=C(CCN(CC3CCCC(OC(F)(F)F)C3)C2C2CCC(CN3CCCC3)CC2)C1. The summed E-state index contributed by atoms with van der Waals surface area (Å²) in [5.74, 6) is 2.59. The highest BCUT2D eigenvalue weighted by atomic mass is 19.4. The van der Waals surface area contributed by atoms with Gasteiger partial charge in [-0.1, -0.05) is 12.0 Å². The van der Waals surface area contributed by atoms with E-state index in [9.17, 15) is 18.3 Å². The molecule has 37 heavy (non-hydrogen) atoms. The number of nitrogens with zero attached hydrogens (tertiary/aromatic N) is 2. The van der Waals surface area contributed by atoms with Crippen LogP contribution in [-0.4, -0.2) is 73.2 Å². The predicted octanol–water partition coefficient (Wildman–Crippen LogP) is 6.56. The van der Waals surface area contributed by atoms with Gasteiger partial charge in [0.05, 0.1) is 13.2 Å². The number of alkyl halides is 3. The molecule has 3 fully saturated rings. The summed E-state index contributed by atoms with van der Waals surface area (Å²) in [6.45, 7) is 5.50. The number of likely N-dealkylation sites (tertiary alicyclic amines) is 1. The Hall–Kier alpha value is -1.25. The van der Waals surface area contributed by atoms with Crippen LogP contribution in [0.15, 0.2) is 22.7 Å². The number of hydrogen-bond acceptors (Lipinski definition) is 5. The number of methoxy groups -OCH3 is 1. The van der Waals surface area contributed by atoms with E-state index in [-0.39, 0.29) is 12.0 Å². The quantitative estimate of drug-likeness (QED) is 0.381. The Morgan fingerprint density at radius 1 is 0.892 bits per heavy atom. The Morgan fingerprint density at radius 2 is 1.65 bits per heavy atom. The largest absolute Gasteiger partial charge is 0.522 e. The van der Waals surface area contributed by atoms with Crippen molar-refractivity contribution in [1.29, 1.82) is 0 Å². The van der Waals surface area contributed by atoms with Crippen LogP contribution >= 0.6 is 0 Å². The van der Waals surface area contributed by atoms with Crippen molar-refractivity contribution in [2.45, 2.75) is 102 Å². The van der Waals surface area contributed by atoms with E-state index in [0.29, 0.717) is 43.1 Å². The third kappa shape index (κ3) is 6.85. The molecular formula is C29H45F3N2O3. The van der Waals surface area contributed by atoms with E-state index in [0.717, 1.165) is 38.3 Å². The second kappa shape index (κ2) is 11.9. The zero-order valence-electron chi connectivity index (χ0n) is 22.4. The molecule has 0 amide bonds. The molecule has 1 N–H and O–H groups in total. The average Bonchev–Trinajstić information content (AvgIpc) is 3.36. The lowest BCUT2D eigenvalue weighted by atomic mass is 9.71. The molecule has 3 aliphatic carbocycles. The van der Waals surface area contributed by atoms with E-state index in [4.69, 9.17) is 4.74 Å². The monoisotopic (exact) mass is 526 g/mol. The Kier molecular flexibility index (Phi) is 8.76. The van der Waals surface area contributed by atoms with E-state index < -0.39 is 12.5 Å². The zero-order valence-corrected chi connectivity index (χ0v) is 22.4. The lowest BCUT2D eigenvalue weighted by molar-refractivity contribution is -0.346.